The van der Waals surface area contributed by atoms with E-state index in [1.807, 2.05) is 40.7 Å². The zero-order chi connectivity index (χ0) is 16.2. The number of hydrogen-bond donors (Lipinski definition) is 0. The van der Waals surface area contributed by atoms with Crippen LogP contribution in [0.5, 0.6) is 0 Å². The molecule has 1 amide bonds. The van der Waals surface area contributed by atoms with Crippen molar-refractivity contribution in [3.63, 3.8) is 0 Å². The molecule has 1 fully saturated rings. The Kier molecular flexibility index (Phi) is 5.20. The molecule has 1 aromatic carbocycles. The second kappa shape index (κ2) is 7.33. The number of halogens is 1. The number of morpholine rings is 1. The van der Waals surface area contributed by atoms with E-state index in [0.29, 0.717) is 42.2 Å². The summed E-state index contributed by atoms with van der Waals surface area (Å²) in [5.41, 5.74) is 0.890. The SMILES string of the molecule is Cc1nnc(SCC(=O)N2CCOCC2)n1-c1cccc(Cl)c1. The van der Waals surface area contributed by atoms with E-state index < -0.39 is 0 Å². The third-order valence-corrected chi connectivity index (χ3v) is 4.70. The van der Waals surface area contributed by atoms with Gasteiger partial charge in [0.05, 0.1) is 24.7 Å². The van der Waals surface area contributed by atoms with Crippen molar-refractivity contribution in [3.05, 3.63) is 35.1 Å². The van der Waals surface area contributed by atoms with Crippen LogP contribution in [-0.2, 0) is 9.53 Å². The third-order valence-electron chi connectivity index (χ3n) is 3.55. The molecule has 0 unspecified atom stereocenters. The minimum atomic E-state index is 0.0941. The lowest BCUT2D eigenvalue weighted by atomic mass is 10.3. The largest absolute Gasteiger partial charge is 0.378 e. The van der Waals surface area contributed by atoms with Crippen LogP contribution in [0.25, 0.3) is 5.69 Å². The molecular formula is C15H17ClN4O2S. The maximum Gasteiger partial charge on any atom is 0.233 e. The minimum Gasteiger partial charge on any atom is -0.378 e. The lowest BCUT2D eigenvalue weighted by molar-refractivity contribution is -0.132. The highest BCUT2D eigenvalue weighted by atomic mass is 35.5. The average Bonchev–Trinajstić information content (AvgIpc) is 2.94. The molecule has 2 heterocycles. The molecule has 1 aromatic heterocycles. The van der Waals surface area contributed by atoms with Gasteiger partial charge in [-0.1, -0.05) is 29.4 Å². The van der Waals surface area contributed by atoms with Crippen molar-refractivity contribution in [2.45, 2.75) is 12.1 Å². The Balaban J connectivity index is 1.72. The fraction of sp³-hybridized carbons (Fsp3) is 0.400. The number of ether oxygens (including phenoxy) is 1. The van der Waals surface area contributed by atoms with Crippen LogP contribution in [0.2, 0.25) is 5.02 Å². The van der Waals surface area contributed by atoms with Gasteiger partial charge in [0.1, 0.15) is 5.82 Å². The van der Waals surface area contributed by atoms with Gasteiger partial charge in [-0.15, -0.1) is 10.2 Å². The Morgan fingerprint density at radius 2 is 2.13 bits per heavy atom. The molecule has 1 aliphatic rings. The maximum atomic E-state index is 12.3. The molecule has 1 saturated heterocycles. The molecule has 0 radical (unpaired) electrons. The molecule has 0 N–H and O–H groups in total. The fourth-order valence-electron chi connectivity index (χ4n) is 2.38. The van der Waals surface area contributed by atoms with E-state index >= 15 is 0 Å². The first-order valence-electron chi connectivity index (χ1n) is 7.31. The zero-order valence-corrected chi connectivity index (χ0v) is 14.3. The first-order chi connectivity index (χ1) is 11.1. The summed E-state index contributed by atoms with van der Waals surface area (Å²) in [4.78, 5) is 14.1. The highest BCUT2D eigenvalue weighted by Crippen LogP contribution is 2.24. The highest BCUT2D eigenvalue weighted by Gasteiger charge is 2.19. The van der Waals surface area contributed by atoms with Crippen molar-refractivity contribution >= 4 is 29.3 Å². The number of rotatable bonds is 4. The Hall–Kier alpha value is -1.57. The zero-order valence-electron chi connectivity index (χ0n) is 12.7. The molecule has 0 spiro atoms. The van der Waals surface area contributed by atoms with E-state index in [1.165, 1.54) is 11.8 Å². The van der Waals surface area contributed by atoms with Gasteiger partial charge >= 0.3 is 0 Å². The van der Waals surface area contributed by atoms with E-state index in [-0.39, 0.29) is 5.91 Å². The van der Waals surface area contributed by atoms with Gasteiger partial charge in [0.25, 0.3) is 0 Å². The Morgan fingerprint density at radius 3 is 2.87 bits per heavy atom. The number of carbonyl (C=O) groups is 1. The number of carbonyl (C=O) groups excluding carboxylic acids is 1. The van der Waals surface area contributed by atoms with Crippen LogP contribution in [0.4, 0.5) is 0 Å². The number of nitrogens with zero attached hydrogens (tertiary/aromatic N) is 4. The molecule has 0 aliphatic carbocycles. The average molecular weight is 353 g/mol. The third kappa shape index (κ3) is 3.85. The molecule has 23 heavy (non-hydrogen) atoms. The first-order valence-corrected chi connectivity index (χ1v) is 8.68. The van der Waals surface area contributed by atoms with Crippen molar-refractivity contribution in [1.29, 1.82) is 0 Å². The maximum absolute atomic E-state index is 12.3. The minimum absolute atomic E-state index is 0.0941. The lowest BCUT2D eigenvalue weighted by Crippen LogP contribution is -2.41. The topological polar surface area (TPSA) is 60.3 Å². The summed E-state index contributed by atoms with van der Waals surface area (Å²) < 4.78 is 7.17. The van der Waals surface area contributed by atoms with Crippen LogP contribution in [0.1, 0.15) is 5.82 Å². The van der Waals surface area contributed by atoms with Crippen molar-refractivity contribution in [1.82, 2.24) is 19.7 Å². The molecule has 1 aliphatic heterocycles. The highest BCUT2D eigenvalue weighted by molar-refractivity contribution is 7.99. The van der Waals surface area contributed by atoms with Crippen molar-refractivity contribution in [2.24, 2.45) is 0 Å². The van der Waals surface area contributed by atoms with Gasteiger partial charge in [-0.2, -0.15) is 0 Å². The number of hydrogen-bond acceptors (Lipinski definition) is 5. The van der Waals surface area contributed by atoms with E-state index in [2.05, 4.69) is 10.2 Å². The monoisotopic (exact) mass is 352 g/mol. The second-order valence-corrected chi connectivity index (χ2v) is 6.51. The molecule has 6 nitrogen and oxygen atoms in total. The Bertz CT molecular complexity index is 701. The van der Waals surface area contributed by atoms with Crippen LogP contribution in [0.3, 0.4) is 0 Å². The second-order valence-electron chi connectivity index (χ2n) is 5.13. The first kappa shape index (κ1) is 16.3. The smallest absolute Gasteiger partial charge is 0.233 e. The van der Waals surface area contributed by atoms with Gasteiger partial charge in [0.15, 0.2) is 5.16 Å². The predicted octanol–water partition coefficient (Wildman–Crippen LogP) is 2.18. The Labute approximate surface area is 143 Å². The normalized spacial score (nSPS) is 15.0. The molecule has 122 valence electrons. The van der Waals surface area contributed by atoms with Crippen molar-refractivity contribution < 1.29 is 9.53 Å². The predicted molar refractivity (Wildman–Crippen MR) is 89.2 cm³/mol. The fourth-order valence-corrected chi connectivity index (χ4v) is 3.46. The van der Waals surface area contributed by atoms with Gasteiger partial charge in [-0.3, -0.25) is 9.36 Å². The van der Waals surface area contributed by atoms with E-state index in [4.69, 9.17) is 16.3 Å². The summed E-state index contributed by atoms with van der Waals surface area (Å²) in [6, 6.07) is 7.49. The summed E-state index contributed by atoms with van der Waals surface area (Å²) in [5.74, 6) is 1.18. The molecule has 0 atom stereocenters. The van der Waals surface area contributed by atoms with Gasteiger partial charge < -0.3 is 9.64 Å². The van der Waals surface area contributed by atoms with Gasteiger partial charge in [-0.25, -0.2) is 0 Å². The molecule has 2 aromatic rings. The van der Waals surface area contributed by atoms with Gasteiger partial charge in [0, 0.05) is 18.1 Å². The van der Waals surface area contributed by atoms with E-state index in [9.17, 15) is 4.79 Å². The molecule has 3 rings (SSSR count). The van der Waals surface area contributed by atoms with Crippen LogP contribution >= 0.6 is 23.4 Å². The quantitative estimate of drug-likeness (QED) is 0.789. The lowest BCUT2D eigenvalue weighted by Gasteiger charge is -2.26. The number of amides is 1. The molecular weight excluding hydrogens is 336 g/mol. The summed E-state index contributed by atoms with van der Waals surface area (Å²) in [7, 11) is 0. The summed E-state index contributed by atoms with van der Waals surface area (Å²) in [5, 5.41) is 9.63. The standard InChI is InChI=1S/C15H17ClN4O2S/c1-11-17-18-15(20(11)13-4-2-3-12(16)9-13)23-10-14(21)19-5-7-22-8-6-19/h2-4,9H,5-8,10H2,1H3. The summed E-state index contributed by atoms with van der Waals surface area (Å²) in [6.07, 6.45) is 0. The van der Waals surface area contributed by atoms with E-state index in [0.717, 1.165) is 11.5 Å². The van der Waals surface area contributed by atoms with Crippen LogP contribution in [-0.4, -0.2) is 57.6 Å². The van der Waals surface area contributed by atoms with Gasteiger partial charge in [-0.05, 0) is 25.1 Å². The van der Waals surface area contributed by atoms with Crippen LogP contribution in [0.15, 0.2) is 29.4 Å². The number of benzene rings is 1. The summed E-state index contributed by atoms with van der Waals surface area (Å²) >= 11 is 7.45. The van der Waals surface area contributed by atoms with Gasteiger partial charge in [0.2, 0.25) is 5.91 Å². The van der Waals surface area contributed by atoms with Crippen LogP contribution in [0, 0.1) is 6.92 Å². The molecule has 8 heteroatoms. The number of aromatic nitrogens is 3. The van der Waals surface area contributed by atoms with Crippen molar-refractivity contribution in [2.75, 3.05) is 32.1 Å². The molecule has 0 bridgehead atoms. The number of thioether (sulfide) groups is 1. The molecule has 0 saturated carbocycles. The Morgan fingerprint density at radius 1 is 1.35 bits per heavy atom. The number of aryl methyl sites for hydroxylation is 1. The summed E-state index contributed by atoms with van der Waals surface area (Å²) in [6.45, 7) is 4.39. The van der Waals surface area contributed by atoms with Crippen molar-refractivity contribution in [3.8, 4) is 5.69 Å². The van der Waals surface area contributed by atoms with E-state index in [1.54, 1.807) is 0 Å². The van der Waals surface area contributed by atoms with Crippen LogP contribution < -0.4 is 0 Å².